The number of likely N-dealkylation sites (tertiary alicyclic amines) is 1. The maximum atomic E-state index is 12.2. The first kappa shape index (κ1) is 12.9. The minimum absolute atomic E-state index is 0.128. The minimum atomic E-state index is 0.128. The molecule has 2 aliphatic rings. The molecule has 6 heteroatoms. The molecule has 3 atom stereocenters. The Balaban J connectivity index is 1.56. The summed E-state index contributed by atoms with van der Waals surface area (Å²) < 4.78 is 7.00. The summed E-state index contributed by atoms with van der Waals surface area (Å²) in [6.07, 6.45) is 5.78. The van der Waals surface area contributed by atoms with Crippen molar-refractivity contribution in [2.75, 3.05) is 20.2 Å². The summed E-state index contributed by atoms with van der Waals surface area (Å²) >= 11 is 5.79. The van der Waals surface area contributed by atoms with Crippen LogP contribution in [0, 0.1) is 11.8 Å². The molecule has 2 fully saturated rings. The molecule has 1 aromatic rings. The Bertz CT molecular complexity index is 462. The van der Waals surface area contributed by atoms with E-state index in [0.717, 1.165) is 25.9 Å². The van der Waals surface area contributed by atoms with Crippen LogP contribution in [-0.4, -0.2) is 46.9 Å². The number of carbonyl (C=O) groups is 1. The molecule has 0 N–H and O–H groups in total. The second kappa shape index (κ2) is 5.13. The number of halogens is 1. The molecule has 1 unspecified atom stereocenters. The van der Waals surface area contributed by atoms with Gasteiger partial charge in [0.15, 0.2) is 0 Å². The molecule has 1 aromatic heterocycles. The van der Waals surface area contributed by atoms with Crippen LogP contribution in [-0.2, 0) is 16.1 Å². The van der Waals surface area contributed by atoms with Gasteiger partial charge in [-0.05, 0) is 24.7 Å². The number of hydrogen-bond donors (Lipinski definition) is 0. The van der Waals surface area contributed by atoms with Gasteiger partial charge < -0.3 is 9.64 Å². The Labute approximate surface area is 117 Å². The van der Waals surface area contributed by atoms with E-state index in [4.69, 9.17) is 16.3 Å². The summed E-state index contributed by atoms with van der Waals surface area (Å²) in [6, 6.07) is 0. The summed E-state index contributed by atoms with van der Waals surface area (Å²) in [6.45, 7) is 2.00. The Morgan fingerprint density at radius 2 is 2.16 bits per heavy atom. The van der Waals surface area contributed by atoms with Gasteiger partial charge in [0.25, 0.3) is 0 Å². The Morgan fingerprint density at radius 3 is 2.68 bits per heavy atom. The number of amides is 1. The second-order valence-corrected chi connectivity index (χ2v) is 5.94. The molecule has 0 bridgehead atoms. The van der Waals surface area contributed by atoms with Gasteiger partial charge in [0.05, 0.1) is 17.3 Å². The summed E-state index contributed by atoms with van der Waals surface area (Å²) in [5.74, 6) is 1.34. The number of fused-ring (bicyclic) bond motifs is 1. The third-order valence-electron chi connectivity index (χ3n) is 4.29. The van der Waals surface area contributed by atoms with Gasteiger partial charge in [-0.15, -0.1) is 0 Å². The Morgan fingerprint density at radius 1 is 1.47 bits per heavy atom. The summed E-state index contributed by atoms with van der Waals surface area (Å²) in [5.41, 5.74) is 0. The maximum absolute atomic E-state index is 12.2. The lowest BCUT2D eigenvalue weighted by Gasteiger charge is -2.18. The fraction of sp³-hybridized carbons (Fsp3) is 0.692. The lowest BCUT2D eigenvalue weighted by Crippen LogP contribution is -2.33. The number of carbonyl (C=O) groups excluding carboxylic acids is 1. The van der Waals surface area contributed by atoms with E-state index in [9.17, 15) is 4.79 Å². The molecular formula is C13H18ClN3O2. The third kappa shape index (κ3) is 2.62. The molecule has 1 aliphatic heterocycles. The van der Waals surface area contributed by atoms with Gasteiger partial charge in [0.1, 0.15) is 6.54 Å². The van der Waals surface area contributed by atoms with Crippen molar-refractivity contribution in [1.82, 2.24) is 14.7 Å². The number of nitrogens with zero attached hydrogens (tertiary/aromatic N) is 3. The molecular weight excluding hydrogens is 266 g/mol. The molecule has 3 rings (SSSR count). The largest absolute Gasteiger partial charge is 0.381 e. The van der Waals surface area contributed by atoms with Crippen molar-refractivity contribution < 1.29 is 9.53 Å². The van der Waals surface area contributed by atoms with Crippen LogP contribution in [0.25, 0.3) is 0 Å². The van der Waals surface area contributed by atoms with Crippen molar-refractivity contribution in [2.45, 2.75) is 25.5 Å². The zero-order valence-corrected chi connectivity index (χ0v) is 11.7. The molecule has 0 aromatic carbocycles. The molecule has 0 spiro atoms. The van der Waals surface area contributed by atoms with E-state index in [1.165, 1.54) is 0 Å². The molecule has 1 saturated heterocycles. The SMILES string of the molecule is COC1C[C@@H]2CN(C(=O)Cn3cc(Cl)cn3)C[C@@H]2C1. The Hall–Kier alpha value is -1.07. The first-order chi connectivity index (χ1) is 9.15. The highest BCUT2D eigenvalue weighted by atomic mass is 35.5. The molecule has 2 heterocycles. The van der Waals surface area contributed by atoms with Crippen molar-refractivity contribution in [2.24, 2.45) is 11.8 Å². The van der Waals surface area contributed by atoms with Gasteiger partial charge in [-0.2, -0.15) is 5.10 Å². The molecule has 104 valence electrons. The molecule has 5 nitrogen and oxygen atoms in total. The number of hydrogen-bond acceptors (Lipinski definition) is 3. The lowest BCUT2D eigenvalue weighted by molar-refractivity contribution is -0.131. The number of ether oxygens (including phenoxy) is 1. The van der Waals surface area contributed by atoms with E-state index in [2.05, 4.69) is 5.10 Å². The Kier molecular flexibility index (Phi) is 3.50. The van der Waals surface area contributed by atoms with E-state index in [1.54, 1.807) is 24.2 Å². The van der Waals surface area contributed by atoms with Gasteiger partial charge in [-0.3, -0.25) is 9.48 Å². The van der Waals surface area contributed by atoms with Crippen LogP contribution < -0.4 is 0 Å². The minimum Gasteiger partial charge on any atom is -0.381 e. The fourth-order valence-electron chi connectivity index (χ4n) is 3.30. The summed E-state index contributed by atoms with van der Waals surface area (Å²) in [7, 11) is 1.77. The normalized spacial score (nSPS) is 29.8. The maximum Gasteiger partial charge on any atom is 0.244 e. The van der Waals surface area contributed by atoms with E-state index in [1.807, 2.05) is 4.90 Å². The third-order valence-corrected chi connectivity index (χ3v) is 4.49. The monoisotopic (exact) mass is 283 g/mol. The zero-order valence-electron chi connectivity index (χ0n) is 11.0. The number of methoxy groups -OCH3 is 1. The smallest absolute Gasteiger partial charge is 0.244 e. The average molecular weight is 284 g/mol. The first-order valence-electron chi connectivity index (χ1n) is 6.64. The predicted molar refractivity (Wildman–Crippen MR) is 70.8 cm³/mol. The molecule has 1 amide bonds. The van der Waals surface area contributed by atoms with Crippen molar-refractivity contribution >= 4 is 17.5 Å². The standard InChI is InChI=1S/C13H18ClN3O2/c1-19-12-2-9-5-16(6-10(9)3-12)13(18)8-17-7-11(14)4-15-17/h4,7,9-10,12H,2-3,5-6,8H2,1H3/t9-,10+,12?. The second-order valence-electron chi connectivity index (χ2n) is 5.50. The van der Waals surface area contributed by atoms with E-state index in [-0.39, 0.29) is 12.5 Å². The summed E-state index contributed by atoms with van der Waals surface area (Å²) in [4.78, 5) is 14.2. The highest BCUT2D eigenvalue weighted by Gasteiger charge is 2.42. The predicted octanol–water partition coefficient (Wildman–Crippen LogP) is 1.42. The molecule has 1 saturated carbocycles. The molecule has 0 radical (unpaired) electrons. The van der Waals surface area contributed by atoms with Gasteiger partial charge >= 0.3 is 0 Å². The van der Waals surface area contributed by atoms with Crippen LogP contribution in [0.2, 0.25) is 5.02 Å². The summed E-state index contributed by atoms with van der Waals surface area (Å²) in [5, 5.41) is 4.61. The lowest BCUT2D eigenvalue weighted by atomic mass is 10.0. The van der Waals surface area contributed by atoms with E-state index in [0.29, 0.717) is 23.0 Å². The van der Waals surface area contributed by atoms with Crippen LogP contribution in [0.1, 0.15) is 12.8 Å². The van der Waals surface area contributed by atoms with Gasteiger partial charge in [-0.1, -0.05) is 11.6 Å². The highest BCUT2D eigenvalue weighted by molar-refractivity contribution is 6.30. The van der Waals surface area contributed by atoms with Gasteiger partial charge in [0, 0.05) is 26.4 Å². The van der Waals surface area contributed by atoms with Crippen LogP contribution in [0.15, 0.2) is 12.4 Å². The highest BCUT2D eigenvalue weighted by Crippen LogP contribution is 2.39. The zero-order chi connectivity index (χ0) is 13.4. The van der Waals surface area contributed by atoms with Crippen LogP contribution in [0.5, 0.6) is 0 Å². The topological polar surface area (TPSA) is 47.4 Å². The van der Waals surface area contributed by atoms with Crippen LogP contribution >= 0.6 is 11.6 Å². The van der Waals surface area contributed by atoms with E-state index < -0.39 is 0 Å². The molecule has 1 aliphatic carbocycles. The molecule has 19 heavy (non-hydrogen) atoms. The van der Waals surface area contributed by atoms with E-state index >= 15 is 0 Å². The van der Waals surface area contributed by atoms with Crippen molar-refractivity contribution in [3.05, 3.63) is 17.4 Å². The quantitative estimate of drug-likeness (QED) is 0.843. The van der Waals surface area contributed by atoms with Crippen molar-refractivity contribution in [1.29, 1.82) is 0 Å². The van der Waals surface area contributed by atoms with Crippen molar-refractivity contribution in [3.8, 4) is 0 Å². The number of rotatable bonds is 3. The fourth-order valence-corrected chi connectivity index (χ4v) is 3.46. The van der Waals surface area contributed by atoms with Crippen molar-refractivity contribution in [3.63, 3.8) is 0 Å². The number of aromatic nitrogens is 2. The van der Waals surface area contributed by atoms with Crippen LogP contribution in [0.4, 0.5) is 0 Å². The average Bonchev–Trinajstić information content (AvgIpc) is 3.02. The first-order valence-corrected chi connectivity index (χ1v) is 7.02. The van der Waals surface area contributed by atoms with Gasteiger partial charge in [0.2, 0.25) is 5.91 Å². The van der Waals surface area contributed by atoms with Crippen LogP contribution in [0.3, 0.4) is 0 Å². The van der Waals surface area contributed by atoms with Gasteiger partial charge in [-0.25, -0.2) is 0 Å².